The Morgan fingerprint density at radius 3 is 1.70 bits per heavy atom. The Hall–Kier alpha value is -3.58. The molecule has 0 aliphatic carbocycles. The van der Waals surface area contributed by atoms with Crippen LogP contribution in [-0.2, 0) is 0 Å². The fourth-order valence-electron chi connectivity index (χ4n) is 3.92. The van der Waals surface area contributed by atoms with Gasteiger partial charge in [0.2, 0.25) is 0 Å². The summed E-state index contributed by atoms with van der Waals surface area (Å²) in [5, 5.41) is 15.4. The van der Waals surface area contributed by atoms with Gasteiger partial charge in [-0.3, -0.25) is 0 Å². The second kappa shape index (κ2) is 6.30. The van der Waals surface area contributed by atoms with Gasteiger partial charge in [0.1, 0.15) is 5.75 Å². The Morgan fingerprint density at radius 2 is 1.00 bits per heavy atom. The third kappa shape index (κ3) is 2.56. The Kier molecular flexibility index (Phi) is 3.65. The van der Waals surface area contributed by atoms with Gasteiger partial charge in [0.05, 0.1) is 0 Å². The van der Waals surface area contributed by atoms with Gasteiger partial charge in [-0.15, -0.1) is 0 Å². The number of fused-ring (bicyclic) bond motifs is 2. The quantitative estimate of drug-likeness (QED) is 0.364. The van der Waals surface area contributed by atoms with Gasteiger partial charge in [-0.2, -0.15) is 0 Å². The molecule has 0 aliphatic rings. The Bertz CT molecular complexity index is 1270. The van der Waals surface area contributed by atoms with E-state index in [-0.39, 0.29) is 0 Å². The average Bonchev–Trinajstić information content (AvgIpc) is 2.74. The monoisotopic (exact) mass is 346 g/mol. The predicted octanol–water partition coefficient (Wildman–Crippen LogP) is 7.03. The number of aromatic hydroxyl groups is 1. The lowest BCUT2D eigenvalue weighted by Gasteiger charge is -2.17. The summed E-state index contributed by atoms with van der Waals surface area (Å²) in [6.07, 6.45) is 0. The number of hydrogen-bond donors (Lipinski definition) is 1. The van der Waals surface area contributed by atoms with Gasteiger partial charge in [-0.25, -0.2) is 0 Å². The van der Waals surface area contributed by atoms with Crippen molar-refractivity contribution in [3.63, 3.8) is 0 Å². The third-order valence-electron chi connectivity index (χ3n) is 5.17. The smallest absolute Gasteiger partial charge is 0.124 e. The largest absolute Gasteiger partial charge is 0.507 e. The zero-order valence-electron chi connectivity index (χ0n) is 14.8. The molecule has 0 bridgehead atoms. The van der Waals surface area contributed by atoms with E-state index in [2.05, 4.69) is 72.8 Å². The van der Waals surface area contributed by atoms with E-state index < -0.39 is 0 Å². The first-order valence-corrected chi connectivity index (χ1v) is 9.11. The van der Waals surface area contributed by atoms with Gasteiger partial charge >= 0.3 is 0 Å². The van der Waals surface area contributed by atoms with Crippen LogP contribution in [0.25, 0.3) is 43.8 Å². The lowest BCUT2D eigenvalue weighted by atomic mass is 9.87. The van der Waals surface area contributed by atoms with Gasteiger partial charge in [0.25, 0.3) is 0 Å². The zero-order chi connectivity index (χ0) is 18.2. The number of hydrogen-bond acceptors (Lipinski definition) is 1. The molecule has 0 spiro atoms. The lowest BCUT2D eigenvalue weighted by molar-refractivity contribution is 0.478. The van der Waals surface area contributed by atoms with Gasteiger partial charge in [-0.1, -0.05) is 97.1 Å². The van der Waals surface area contributed by atoms with Crippen molar-refractivity contribution in [1.82, 2.24) is 0 Å². The minimum atomic E-state index is 0.308. The van der Waals surface area contributed by atoms with Gasteiger partial charge in [0, 0.05) is 11.1 Å². The maximum Gasteiger partial charge on any atom is 0.124 e. The van der Waals surface area contributed by atoms with Crippen molar-refractivity contribution in [3.05, 3.63) is 103 Å². The molecule has 27 heavy (non-hydrogen) atoms. The van der Waals surface area contributed by atoms with E-state index in [0.717, 1.165) is 38.4 Å². The summed E-state index contributed by atoms with van der Waals surface area (Å²) in [6, 6.07) is 35.1. The summed E-state index contributed by atoms with van der Waals surface area (Å²) < 4.78 is 0. The van der Waals surface area contributed by atoms with Crippen LogP contribution in [0.4, 0.5) is 0 Å². The van der Waals surface area contributed by atoms with Crippen LogP contribution < -0.4 is 0 Å². The first-order chi connectivity index (χ1) is 13.3. The first-order valence-electron chi connectivity index (χ1n) is 9.11. The highest BCUT2D eigenvalue weighted by Gasteiger charge is 2.17. The molecule has 0 atom stereocenters. The van der Waals surface area contributed by atoms with Crippen LogP contribution in [0.3, 0.4) is 0 Å². The Morgan fingerprint density at radius 1 is 0.444 bits per heavy atom. The predicted molar refractivity (Wildman–Crippen MR) is 114 cm³/mol. The molecule has 1 nitrogen and oxygen atoms in total. The Labute approximate surface area is 158 Å². The highest BCUT2D eigenvalue weighted by Crippen LogP contribution is 2.45. The number of phenols is 1. The fraction of sp³-hybridized carbons (Fsp3) is 0. The topological polar surface area (TPSA) is 20.2 Å². The van der Waals surface area contributed by atoms with Crippen molar-refractivity contribution in [2.24, 2.45) is 0 Å². The van der Waals surface area contributed by atoms with E-state index >= 15 is 0 Å². The SMILES string of the molecule is Oc1ccc2ccccc2c1-c1c(-c2ccccc2)ccc2ccccc12. The average molecular weight is 346 g/mol. The molecule has 0 radical (unpaired) electrons. The molecule has 5 aromatic carbocycles. The van der Waals surface area contributed by atoms with Crippen molar-refractivity contribution in [3.8, 4) is 28.0 Å². The number of rotatable bonds is 2. The normalized spacial score (nSPS) is 11.1. The maximum absolute atomic E-state index is 10.9. The number of benzene rings is 5. The van der Waals surface area contributed by atoms with Crippen molar-refractivity contribution in [2.75, 3.05) is 0 Å². The molecule has 1 heteroatoms. The first kappa shape index (κ1) is 15.7. The van der Waals surface area contributed by atoms with E-state index in [4.69, 9.17) is 0 Å². The van der Waals surface area contributed by atoms with E-state index in [9.17, 15) is 5.11 Å². The second-order valence-corrected chi connectivity index (χ2v) is 6.76. The van der Waals surface area contributed by atoms with Crippen molar-refractivity contribution >= 4 is 21.5 Å². The van der Waals surface area contributed by atoms with E-state index in [1.807, 2.05) is 24.3 Å². The maximum atomic E-state index is 10.9. The van der Waals surface area contributed by atoms with Crippen LogP contribution in [-0.4, -0.2) is 5.11 Å². The molecule has 5 rings (SSSR count). The highest BCUT2D eigenvalue weighted by molar-refractivity contribution is 6.12. The molecule has 0 aromatic heterocycles. The van der Waals surface area contributed by atoms with Crippen LogP contribution in [0.15, 0.2) is 103 Å². The van der Waals surface area contributed by atoms with Crippen molar-refractivity contribution in [1.29, 1.82) is 0 Å². The molecule has 0 unspecified atom stereocenters. The molecular weight excluding hydrogens is 328 g/mol. The minimum Gasteiger partial charge on any atom is -0.507 e. The molecule has 0 fully saturated rings. The van der Waals surface area contributed by atoms with Crippen LogP contribution in [0.2, 0.25) is 0 Å². The summed E-state index contributed by atoms with van der Waals surface area (Å²) in [5.41, 5.74) is 4.24. The van der Waals surface area contributed by atoms with Gasteiger partial charge < -0.3 is 5.11 Å². The molecule has 0 heterocycles. The molecule has 1 N–H and O–H groups in total. The van der Waals surface area contributed by atoms with Crippen LogP contribution in [0, 0.1) is 0 Å². The van der Waals surface area contributed by atoms with Gasteiger partial charge in [0.15, 0.2) is 0 Å². The minimum absolute atomic E-state index is 0.308. The second-order valence-electron chi connectivity index (χ2n) is 6.76. The summed E-state index contributed by atoms with van der Waals surface area (Å²) >= 11 is 0. The summed E-state index contributed by atoms with van der Waals surface area (Å²) in [4.78, 5) is 0. The summed E-state index contributed by atoms with van der Waals surface area (Å²) in [7, 11) is 0. The summed E-state index contributed by atoms with van der Waals surface area (Å²) in [5.74, 6) is 0.308. The molecule has 0 amide bonds. The van der Waals surface area contributed by atoms with Crippen molar-refractivity contribution in [2.45, 2.75) is 0 Å². The fourth-order valence-corrected chi connectivity index (χ4v) is 3.92. The molecule has 5 aromatic rings. The molecule has 0 saturated heterocycles. The molecule has 128 valence electrons. The van der Waals surface area contributed by atoms with Crippen molar-refractivity contribution < 1.29 is 5.11 Å². The van der Waals surface area contributed by atoms with Crippen LogP contribution >= 0.6 is 0 Å². The van der Waals surface area contributed by atoms with Gasteiger partial charge in [-0.05, 0) is 38.7 Å². The number of phenolic OH excluding ortho intramolecular Hbond substituents is 1. The standard InChI is InChI=1S/C26H18O/c27-24-17-15-20-11-5-7-13-22(20)26(24)25-21-12-6-4-10-19(21)14-16-23(25)18-8-2-1-3-9-18/h1-17,27H. The molecule has 0 saturated carbocycles. The highest BCUT2D eigenvalue weighted by atomic mass is 16.3. The van der Waals surface area contributed by atoms with E-state index in [1.165, 1.54) is 5.39 Å². The zero-order valence-corrected chi connectivity index (χ0v) is 14.8. The Balaban J connectivity index is 1.98. The van der Waals surface area contributed by atoms with Crippen LogP contribution in [0.1, 0.15) is 0 Å². The molecular formula is C26H18O. The third-order valence-corrected chi connectivity index (χ3v) is 5.17. The lowest BCUT2D eigenvalue weighted by Crippen LogP contribution is -1.90. The molecule has 0 aliphatic heterocycles. The van der Waals surface area contributed by atoms with E-state index in [1.54, 1.807) is 6.07 Å². The summed E-state index contributed by atoms with van der Waals surface area (Å²) in [6.45, 7) is 0. The van der Waals surface area contributed by atoms with E-state index in [0.29, 0.717) is 5.75 Å². The van der Waals surface area contributed by atoms with Crippen LogP contribution in [0.5, 0.6) is 5.75 Å².